The third-order valence-electron chi connectivity index (χ3n) is 1.64. The fourth-order valence-electron chi connectivity index (χ4n) is 1.00. The topological polar surface area (TPSA) is 12.5 Å². The molecular formula is C8H21NOSi. The molecule has 68 valence electrons. The SMILES string of the molecule is CO[C@H](C[Si](C)(C)C)N(C)C. The summed E-state index contributed by atoms with van der Waals surface area (Å²) in [6, 6.07) is 1.20. The number of hydrogen-bond acceptors (Lipinski definition) is 2. The van der Waals surface area contributed by atoms with Crippen molar-refractivity contribution in [2.75, 3.05) is 21.2 Å². The van der Waals surface area contributed by atoms with Gasteiger partial charge in [-0.25, -0.2) is 0 Å². The number of ether oxygens (including phenoxy) is 1. The van der Waals surface area contributed by atoms with Gasteiger partial charge in [-0.2, -0.15) is 0 Å². The molecule has 0 aromatic carbocycles. The van der Waals surface area contributed by atoms with E-state index in [0.29, 0.717) is 6.23 Å². The molecule has 0 heterocycles. The second-order valence-corrected chi connectivity index (χ2v) is 9.95. The van der Waals surface area contributed by atoms with Gasteiger partial charge in [0, 0.05) is 15.2 Å². The zero-order valence-electron chi connectivity index (χ0n) is 8.64. The third-order valence-corrected chi connectivity index (χ3v) is 3.21. The van der Waals surface area contributed by atoms with Crippen LogP contribution in [-0.4, -0.2) is 40.4 Å². The van der Waals surface area contributed by atoms with Gasteiger partial charge in [-0.3, -0.25) is 4.90 Å². The Kier molecular flexibility index (Phi) is 4.29. The second-order valence-electron chi connectivity index (χ2n) is 4.42. The summed E-state index contributed by atoms with van der Waals surface area (Å²) in [5.74, 6) is 0. The van der Waals surface area contributed by atoms with Crippen LogP contribution in [0.4, 0.5) is 0 Å². The molecule has 0 aromatic heterocycles. The summed E-state index contributed by atoms with van der Waals surface area (Å²) in [7, 11) is 4.94. The van der Waals surface area contributed by atoms with Gasteiger partial charge in [-0.1, -0.05) is 19.6 Å². The first-order valence-corrected chi connectivity index (χ1v) is 7.77. The molecule has 0 aliphatic carbocycles. The molecule has 0 unspecified atom stereocenters. The van der Waals surface area contributed by atoms with Crippen LogP contribution in [-0.2, 0) is 4.74 Å². The molecule has 0 N–H and O–H groups in total. The maximum atomic E-state index is 5.35. The molecule has 1 atom stereocenters. The van der Waals surface area contributed by atoms with Crippen LogP contribution in [0.5, 0.6) is 0 Å². The van der Waals surface area contributed by atoms with Gasteiger partial charge in [0.05, 0.1) is 0 Å². The van der Waals surface area contributed by atoms with Crippen molar-refractivity contribution in [3.63, 3.8) is 0 Å². The van der Waals surface area contributed by atoms with E-state index in [1.807, 2.05) is 0 Å². The highest BCUT2D eigenvalue weighted by atomic mass is 28.3. The van der Waals surface area contributed by atoms with Crippen LogP contribution in [0, 0.1) is 0 Å². The molecule has 0 saturated carbocycles. The average Bonchev–Trinajstić information content (AvgIpc) is 1.80. The van der Waals surface area contributed by atoms with Crippen LogP contribution in [0.3, 0.4) is 0 Å². The largest absolute Gasteiger partial charge is 0.367 e. The Bertz CT molecular complexity index is 109. The van der Waals surface area contributed by atoms with E-state index >= 15 is 0 Å². The first-order chi connectivity index (χ1) is 4.87. The fourth-order valence-corrected chi connectivity index (χ4v) is 2.58. The van der Waals surface area contributed by atoms with Gasteiger partial charge >= 0.3 is 0 Å². The van der Waals surface area contributed by atoms with E-state index in [0.717, 1.165) is 0 Å². The number of nitrogens with zero attached hydrogens (tertiary/aromatic N) is 1. The molecule has 3 heteroatoms. The van der Waals surface area contributed by atoms with Crippen molar-refractivity contribution in [1.29, 1.82) is 0 Å². The Morgan fingerprint density at radius 3 is 1.82 bits per heavy atom. The summed E-state index contributed by atoms with van der Waals surface area (Å²) in [5.41, 5.74) is 0. The summed E-state index contributed by atoms with van der Waals surface area (Å²) in [5, 5.41) is 0. The third kappa shape index (κ3) is 5.41. The molecule has 0 radical (unpaired) electrons. The van der Waals surface area contributed by atoms with Gasteiger partial charge in [-0.05, 0) is 20.1 Å². The zero-order chi connectivity index (χ0) is 9.07. The van der Waals surface area contributed by atoms with Gasteiger partial charge in [0.25, 0.3) is 0 Å². The Morgan fingerprint density at radius 2 is 1.73 bits per heavy atom. The van der Waals surface area contributed by atoms with E-state index in [1.54, 1.807) is 7.11 Å². The lowest BCUT2D eigenvalue weighted by molar-refractivity contribution is 0.0106. The van der Waals surface area contributed by atoms with E-state index in [4.69, 9.17) is 4.74 Å². The minimum atomic E-state index is -0.971. The lowest BCUT2D eigenvalue weighted by Gasteiger charge is -2.28. The van der Waals surface area contributed by atoms with Crippen LogP contribution in [0.15, 0.2) is 0 Å². The van der Waals surface area contributed by atoms with Gasteiger partial charge < -0.3 is 4.74 Å². The Morgan fingerprint density at radius 1 is 1.27 bits per heavy atom. The van der Waals surface area contributed by atoms with Crippen molar-refractivity contribution in [2.45, 2.75) is 31.9 Å². The lowest BCUT2D eigenvalue weighted by Crippen LogP contribution is -2.37. The number of rotatable bonds is 4. The van der Waals surface area contributed by atoms with E-state index < -0.39 is 8.07 Å². The van der Waals surface area contributed by atoms with Gasteiger partial charge in [0.2, 0.25) is 0 Å². The Hall–Kier alpha value is 0.137. The average molecular weight is 175 g/mol. The van der Waals surface area contributed by atoms with Crippen molar-refractivity contribution in [2.24, 2.45) is 0 Å². The summed E-state index contributed by atoms with van der Waals surface area (Å²) < 4.78 is 5.35. The van der Waals surface area contributed by atoms with Crippen LogP contribution in [0.25, 0.3) is 0 Å². The van der Waals surface area contributed by atoms with Crippen LogP contribution < -0.4 is 0 Å². The first-order valence-electron chi connectivity index (χ1n) is 4.06. The van der Waals surface area contributed by atoms with Crippen LogP contribution in [0.1, 0.15) is 0 Å². The summed E-state index contributed by atoms with van der Waals surface area (Å²) >= 11 is 0. The normalized spacial score (nSPS) is 15.5. The van der Waals surface area contributed by atoms with Crippen molar-refractivity contribution in [3.8, 4) is 0 Å². The molecule has 0 fully saturated rings. The highest BCUT2D eigenvalue weighted by Gasteiger charge is 2.21. The number of methoxy groups -OCH3 is 1. The smallest absolute Gasteiger partial charge is 0.107 e. The molecule has 0 aromatic rings. The molecule has 0 rings (SSSR count). The minimum Gasteiger partial charge on any atom is -0.367 e. The minimum absolute atomic E-state index is 0.307. The molecule has 0 aliphatic rings. The molecule has 0 amide bonds. The maximum Gasteiger partial charge on any atom is 0.107 e. The lowest BCUT2D eigenvalue weighted by atomic mass is 10.6. The zero-order valence-corrected chi connectivity index (χ0v) is 9.64. The van der Waals surface area contributed by atoms with Crippen molar-refractivity contribution >= 4 is 8.07 Å². The predicted molar refractivity (Wildman–Crippen MR) is 52.6 cm³/mol. The molecular weight excluding hydrogens is 154 g/mol. The monoisotopic (exact) mass is 175 g/mol. The van der Waals surface area contributed by atoms with Crippen molar-refractivity contribution in [1.82, 2.24) is 4.90 Å². The Labute approximate surface area is 71.5 Å². The summed E-state index contributed by atoms with van der Waals surface area (Å²) in [6.07, 6.45) is 0.307. The molecule has 0 saturated heterocycles. The highest BCUT2D eigenvalue weighted by Crippen LogP contribution is 2.14. The highest BCUT2D eigenvalue weighted by molar-refractivity contribution is 6.76. The van der Waals surface area contributed by atoms with E-state index in [1.165, 1.54) is 6.04 Å². The molecule has 0 bridgehead atoms. The first kappa shape index (κ1) is 11.1. The van der Waals surface area contributed by atoms with E-state index in [2.05, 4.69) is 38.6 Å². The standard InChI is InChI=1S/C8H21NOSi/c1-9(2)8(10-3)7-11(4,5)6/h8H,7H2,1-6H3/t8-/m1/s1. The Balaban J connectivity index is 3.88. The predicted octanol–water partition coefficient (Wildman–Crippen LogP) is 1.86. The van der Waals surface area contributed by atoms with Gasteiger partial charge in [-0.15, -0.1) is 0 Å². The van der Waals surface area contributed by atoms with E-state index in [-0.39, 0.29) is 0 Å². The quantitative estimate of drug-likeness (QED) is 0.478. The van der Waals surface area contributed by atoms with Crippen molar-refractivity contribution < 1.29 is 4.74 Å². The second kappa shape index (κ2) is 4.23. The molecule has 0 aliphatic heterocycles. The summed E-state index contributed by atoms with van der Waals surface area (Å²) in [4.78, 5) is 2.14. The van der Waals surface area contributed by atoms with Gasteiger partial charge in [0.15, 0.2) is 0 Å². The summed E-state index contributed by atoms with van der Waals surface area (Å²) in [6.45, 7) is 7.09. The fraction of sp³-hybridized carbons (Fsp3) is 1.00. The molecule has 11 heavy (non-hydrogen) atoms. The molecule has 0 spiro atoms. The maximum absolute atomic E-state index is 5.35. The number of hydrogen-bond donors (Lipinski definition) is 0. The van der Waals surface area contributed by atoms with E-state index in [9.17, 15) is 0 Å². The van der Waals surface area contributed by atoms with Crippen molar-refractivity contribution in [3.05, 3.63) is 0 Å². The van der Waals surface area contributed by atoms with Gasteiger partial charge in [0.1, 0.15) is 6.23 Å². The molecule has 2 nitrogen and oxygen atoms in total. The van der Waals surface area contributed by atoms with Crippen LogP contribution in [0.2, 0.25) is 25.7 Å². The van der Waals surface area contributed by atoms with Crippen LogP contribution >= 0.6 is 0 Å².